The fourth-order valence-electron chi connectivity index (χ4n) is 4.41. The molecule has 10 heteroatoms. The molecule has 3 aromatic carbocycles. The fraction of sp³-hybridized carbons (Fsp3) is 0.222. The molecule has 0 saturated carbocycles. The summed E-state index contributed by atoms with van der Waals surface area (Å²) in [6, 6.07) is 17.6. The number of nitro benzene ring substituents is 1. The first-order valence-corrected chi connectivity index (χ1v) is 12.4. The van der Waals surface area contributed by atoms with Crippen molar-refractivity contribution in [3.05, 3.63) is 81.9 Å². The van der Waals surface area contributed by atoms with Gasteiger partial charge in [0.2, 0.25) is 5.89 Å². The van der Waals surface area contributed by atoms with Gasteiger partial charge in [-0.1, -0.05) is 6.07 Å². The second kappa shape index (κ2) is 10.4. The van der Waals surface area contributed by atoms with Crippen molar-refractivity contribution in [3.63, 3.8) is 0 Å². The van der Waals surface area contributed by atoms with E-state index in [0.717, 1.165) is 54.6 Å². The molecule has 1 aliphatic heterocycles. The molecule has 9 nitrogen and oxygen atoms in total. The zero-order valence-corrected chi connectivity index (χ0v) is 21.0. The molecule has 0 radical (unpaired) electrons. The Morgan fingerprint density at radius 3 is 2.54 bits per heavy atom. The van der Waals surface area contributed by atoms with Crippen molar-refractivity contribution in [2.45, 2.75) is 26.2 Å². The van der Waals surface area contributed by atoms with Crippen LogP contribution in [0.5, 0.6) is 0 Å². The lowest BCUT2D eigenvalue weighted by atomic mass is 10.1. The summed E-state index contributed by atoms with van der Waals surface area (Å²) in [5.41, 5.74) is 4.70. The van der Waals surface area contributed by atoms with Crippen LogP contribution in [0.4, 0.5) is 17.1 Å². The van der Waals surface area contributed by atoms with E-state index in [1.165, 1.54) is 6.07 Å². The molecule has 1 saturated heterocycles. The number of thiocarbonyl (C=S) groups is 1. The van der Waals surface area contributed by atoms with Crippen LogP contribution in [0.15, 0.2) is 65.1 Å². The van der Waals surface area contributed by atoms with Crippen molar-refractivity contribution in [2.24, 2.45) is 0 Å². The largest absolute Gasteiger partial charge is 0.436 e. The maximum Gasteiger partial charge on any atom is 0.293 e. The van der Waals surface area contributed by atoms with E-state index in [2.05, 4.69) is 15.6 Å². The minimum Gasteiger partial charge on any atom is -0.436 e. The van der Waals surface area contributed by atoms with Gasteiger partial charge in [0.25, 0.3) is 11.6 Å². The number of benzene rings is 3. The summed E-state index contributed by atoms with van der Waals surface area (Å²) in [5, 5.41) is 17.3. The van der Waals surface area contributed by atoms with Gasteiger partial charge in [0.1, 0.15) is 11.2 Å². The van der Waals surface area contributed by atoms with E-state index in [0.29, 0.717) is 17.3 Å². The standard InChI is InChI=1S/C27H25N5O4S/c1-17-5-12-24-21(15-17)29-26(36-24)18-6-9-20(10-7-18)28-27(37)30-25(33)19-8-11-22(23(16-19)32(34)35)31-13-3-2-4-14-31/h5-12,15-16H,2-4,13-14H2,1H3,(H2,28,30,33,37). The number of carbonyl (C=O) groups excluding carboxylic acids is 1. The van der Waals surface area contributed by atoms with Crippen LogP contribution in [0.3, 0.4) is 0 Å². The van der Waals surface area contributed by atoms with Gasteiger partial charge in [-0.05, 0) is 92.5 Å². The Morgan fingerprint density at radius 1 is 1.05 bits per heavy atom. The summed E-state index contributed by atoms with van der Waals surface area (Å²) in [6.45, 7) is 3.54. The number of aromatic nitrogens is 1. The third kappa shape index (κ3) is 5.44. The van der Waals surface area contributed by atoms with Crippen LogP contribution in [0.1, 0.15) is 35.2 Å². The van der Waals surface area contributed by atoms with Crippen LogP contribution in [0.25, 0.3) is 22.6 Å². The SMILES string of the molecule is Cc1ccc2oc(-c3ccc(NC(=S)NC(=O)c4ccc(N5CCCCC5)c([N+](=O)[O-])c4)cc3)nc2c1. The number of amides is 1. The Balaban J connectivity index is 1.24. The van der Waals surface area contributed by atoms with Gasteiger partial charge in [-0.3, -0.25) is 20.2 Å². The van der Waals surface area contributed by atoms with Gasteiger partial charge >= 0.3 is 0 Å². The van der Waals surface area contributed by atoms with E-state index in [-0.39, 0.29) is 16.4 Å². The molecule has 1 aliphatic rings. The van der Waals surface area contributed by atoms with E-state index >= 15 is 0 Å². The number of aryl methyl sites for hydroxylation is 1. The van der Waals surface area contributed by atoms with Crippen LogP contribution in [0, 0.1) is 17.0 Å². The number of hydrogen-bond donors (Lipinski definition) is 2. The van der Waals surface area contributed by atoms with E-state index in [1.807, 2.05) is 42.2 Å². The summed E-state index contributed by atoms with van der Waals surface area (Å²) in [7, 11) is 0. The minimum absolute atomic E-state index is 0.0813. The average molecular weight is 516 g/mol. The summed E-state index contributed by atoms with van der Waals surface area (Å²) >= 11 is 5.29. The van der Waals surface area contributed by atoms with Crippen molar-refractivity contribution in [1.29, 1.82) is 0 Å². The normalized spacial score (nSPS) is 13.4. The maximum atomic E-state index is 12.8. The maximum absolute atomic E-state index is 12.8. The van der Waals surface area contributed by atoms with Crippen molar-refractivity contribution < 1.29 is 14.1 Å². The van der Waals surface area contributed by atoms with Crippen LogP contribution in [0.2, 0.25) is 0 Å². The van der Waals surface area contributed by atoms with E-state index in [4.69, 9.17) is 16.6 Å². The molecule has 0 aliphatic carbocycles. The average Bonchev–Trinajstić information content (AvgIpc) is 3.32. The molecule has 1 aromatic heterocycles. The predicted molar refractivity (Wildman–Crippen MR) is 147 cm³/mol. The first-order chi connectivity index (χ1) is 17.9. The minimum atomic E-state index is -0.524. The zero-order valence-electron chi connectivity index (χ0n) is 20.2. The number of fused-ring (bicyclic) bond motifs is 1. The van der Waals surface area contributed by atoms with Gasteiger partial charge in [0, 0.05) is 36.0 Å². The molecule has 5 rings (SSSR count). The highest BCUT2D eigenvalue weighted by atomic mass is 32.1. The molecular formula is C27H25N5O4S. The molecule has 0 atom stereocenters. The Morgan fingerprint density at radius 2 is 1.81 bits per heavy atom. The Hall–Kier alpha value is -4.31. The van der Waals surface area contributed by atoms with Crippen molar-refractivity contribution in [1.82, 2.24) is 10.3 Å². The highest BCUT2D eigenvalue weighted by Crippen LogP contribution is 2.31. The lowest BCUT2D eigenvalue weighted by molar-refractivity contribution is -0.384. The number of oxazole rings is 1. The first kappa shape index (κ1) is 24.4. The Kier molecular flexibility index (Phi) is 6.82. The molecular weight excluding hydrogens is 490 g/mol. The number of anilines is 2. The van der Waals surface area contributed by atoms with Gasteiger partial charge in [-0.15, -0.1) is 0 Å². The van der Waals surface area contributed by atoms with Gasteiger partial charge in [-0.2, -0.15) is 0 Å². The van der Waals surface area contributed by atoms with Crippen molar-refractivity contribution in [2.75, 3.05) is 23.3 Å². The van der Waals surface area contributed by atoms with Gasteiger partial charge in [0.05, 0.1) is 4.92 Å². The highest BCUT2D eigenvalue weighted by Gasteiger charge is 2.23. The number of piperidine rings is 1. The molecule has 37 heavy (non-hydrogen) atoms. The van der Waals surface area contributed by atoms with Crippen molar-refractivity contribution in [3.8, 4) is 11.5 Å². The Bertz CT molecular complexity index is 1490. The van der Waals surface area contributed by atoms with Crippen LogP contribution >= 0.6 is 12.2 Å². The lowest BCUT2D eigenvalue weighted by Gasteiger charge is -2.28. The molecule has 0 spiro atoms. The molecule has 2 N–H and O–H groups in total. The third-order valence-electron chi connectivity index (χ3n) is 6.29. The van der Waals surface area contributed by atoms with Crippen LogP contribution in [-0.2, 0) is 0 Å². The van der Waals surface area contributed by atoms with E-state index in [9.17, 15) is 14.9 Å². The number of nitrogens with zero attached hydrogens (tertiary/aromatic N) is 3. The van der Waals surface area contributed by atoms with Crippen LogP contribution in [-0.4, -0.2) is 34.0 Å². The molecule has 0 bridgehead atoms. The molecule has 2 heterocycles. The molecule has 1 fully saturated rings. The summed E-state index contributed by atoms with van der Waals surface area (Å²) < 4.78 is 5.84. The highest BCUT2D eigenvalue weighted by molar-refractivity contribution is 7.80. The monoisotopic (exact) mass is 515 g/mol. The molecule has 1 amide bonds. The van der Waals surface area contributed by atoms with Crippen molar-refractivity contribution >= 4 is 51.4 Å². The second-order valence-electron chi connectivity index (χ2n) is 8.98. The second-order valence-corrected chi connectivity index (χ2v) is 9.39. The Labute approximate surface area is 218 Å². The number of carbonyl (C=O) groups is 1. The predicted octanol–water partition coefficient (Wildman–Crippen LogP) is 5.83. The lowest BCUT2D eigenvalue weighted by Crippen LogP contribution is -2.34. The number of nitro groups is 1. The fourth-order valence-corrected chi connectivity index (χ4v) is 4.62. The number of nitrogens with one attached hydrogen (secondary N) is 2. The quantitative estimate of drug-likeness (QED) is 0.194. The summed E-state index contributed by atoms with van der Waals surface area (Å²) in [4.78, 5) is 30.6. The third-order valence-corrected chi connectivity index (χ3v) is 6.50. The zero-order chi connectivity index (χ0) is 25.9. The van der Waals surface area contributed by atoms with Gasteiger partial charge in [-0.25, -0.2) is 4.98 Å². The van der Waals surface area contributed by atoms with E-state index in [1.54, 1.807) is 24.3 Å². The topological polar surface area (TPSA) is 114 Å². The smallest absolute Gasteiger partial charge is 0.293 e. The van der Waals surface area contributed by atoms with Crippen LogP contribution < -0.4 is 15.5 Å². The molecule has 0 unspecified atom stereocenters. The summed E-state index contributed by atoms with van der Waals surface area (Å²) in [5.74, 6) is -0.0122. The van der Waals surface area contributed by atoms with E-state index < -0.39 is 10.8 Å². The molecule has 188 valence electrons. The van der Waals surface area contributed by atoms with Gasteiger partial charge < -0.3 is 14.6 Å². The molecule has 4 aromatic rings. The van der Waals surface area contributed by atoms with Gasteiger partial charge in [0.15, 0.2) is 10.7 Å². The summed E-state index contributed by atoms with van der Waals surface area (Å²) in [6.07, 6.45) is 3.11. The number of rotatable bonds is 5. The number of hydrogen-bond acceptors (Lipinski definition) is 7. The first-order valence-electron chi connectivity index (χ1n) is 12.0.